The molecule has 3 aromatic rings. The normalized spacial score (nSPS) is 16.0. The zero-order chi connectivity index (χ0) is 19.3. The first-order valence-corrected chi connectivity index (χ1v) is 9.97. The van der Waals surface area contributed by atoms with Crippen LogP contribution in [0.5, 0.6) is 0 Å². The van der Waals surface area contributed by atoms with Gasteiger partial charge in [-0.3, -0.25) is 4.79 Å². The van der Waals surface area contributed by atoms with Crippen LogP contribution >= 0.6 is 0 Å². The zero-order valence-electron chi connectivity index (χ0n) is 16.1. The molecule has 0 aliphatic heterocycles. The summed E-state index contributed by atoms with van der Waals surface area (Å²) in [6.07, 6.45) is 9.92. The fourth-order valence-electron chi connectivity index (χ4n) is 3.95. The van der Waals surface area contributed by atoms with Crippen molar-refractivity contribution in [2.24, 2.45) is 0 Å². The van der Waals surface area contributed by atoms with Crippen LogP contribution in [0.3, 0.4) is 0 Å². The van der Waals surface area contributed by atoms with E-state index in [0.717, 1.165) is 29.9 Å². The SMILES string of the molecule is CC(=O)NC(Cc1cnc[nH]1)c1nc(-c2ccccc2)nn1C1CCCCC1. The van der Waals surface area contributed by atoms with Crippen LogP contribution in [0.2, 0.25) is 0 Å². The van der Waals surface area contributed by atoms with Crippen LogP contribution in [0.1, 0.15) is 62.6 Å². The lowest BCUT2D eigenvalue weighted by Crippen LogP contribution is -2.31. The summed E-state index contributed by atoms with van der Waals surface area (Å²) in [6, 6.07) is 10.1. The molecule has 1 aromatic carbocycles. The van der Waals surface area contributed by atoms with E-state index < -0.39 is 0 Å². The molecule has 2 heterocycles. The number of aromatic nitrogens is 5. The highest BCUT2D eigenvalue weighted by molar-refractivity contribution is 5.73. The Bertz CT molecular complexity index is 896. The summed E-state index contributed by atoms with van der Waals surface area (Å²) in [5.41, 5.74) is 1.94. The maximum absolute atomic E-state index is 11.9. The second kappa shape index (κ2) is 8.37. The van der Waals surface area contributed by atoms with Crippen molar-refractivity contribution in [3.05, 3.63) is 54.4 Å². The number of amides is 1. The second-order valence-electron chi connectivity index (χ2n) is 7.43. The number of hydrogen-bond acceptors (Lipinski definition) is 4. The standard InChI is InChI=1S/C21H26N6O/c1-15(28)24-19(12-17-13-22-14-23-17)21-25-20(16-8-4-2-5-9-16)26-27(21)18-10-6-3-7-11-18/h2,4-5,8-9,13-14,18-19H,3,6-7,10-12H2,1H3,(H,22,23)(H,24,28). The summed E-state index contributed by atoms with van der Waals surface area (Å²) < 4.78 is 2.07. The van der Waals surface area contributed by atoms with Crippen LogP contribution in [0.25, 0.3) is 11.4 Å². The largest absolute Gasteiger partial charge is 0.348 e. The Hall–Kier alpha value is -2.96. The van der Waals surface area contributed by atoms with Crippen molar-refractivity contribution in [2.75, 3.05) is 0 Å². The fourth-order valence-corrected chi connectivity index (χ4v) is 3.95. The van der Waals surface area contributed by atoms with Gasteiger partial charge < -0.3 is 10.3 Å². The van der Waals surface area contributed by atoms with Gasteiger partial charge in [-0.15, -0.1) is 0 Å². The average Bonchev–Trinajstić information content (AvgIpc) is 3.38. The summed E-state index contributed by atoms with van der Waals surface area (Å²) in [4.78, 5) is 24.0. The van der Waals surface area contributed by atoms with E-state index in [0.29, 0.717) is 18.3 Å². The minimum Gasteiger partial charge on any atom is -0.348 e. The molecule has 1 amide bonds. The number of aromatic amines is 1. The molecule has 146 valence electrons. The Morgan fingerprint density at radius 3 is 2.71 bits per heavy atom. The van der Waals surface area contributed by atoms with Gasteiger partial charge in [0, 0.05) is 30.8 Å². The number of carbonyl (C=O) groups excluding carboxylic acids is 1. The third-order valence-electron chi connectivity index (χ3n) is 5.28. The molecule has 7 nitrogen and oxygen atoms in total. The van der Waals surface area contributed by atoms with E-state index in [4.69, 9.17) is 10.1 Å². The minimum absolute atomic E-state index is 0.0797. The van der Waals surface area contributed by atoms with Gasteiger partial charge >= 0.3 is 0 Å². The first-order valence-electron chi connectivity index (χ1n) is 9.97. The lowest BCUT2D eigenvalue weighted by atomic mass is 9.95. The second-order valence-corrected chi connectivity index (χ2v) is 7.43. The molecule has 0 bridgehead atoms. The van der Waals surface area contributed by atoms with Gasteiger partial charge in [-0.1, -0.05) is 49.6 Å². The van der Waals surface area contributed by atoms with Gasteiger partial charge in [0.2, 0.25) is 5.91 Å². The first-order chi connectivity index (χ1) is 13.7. The average molecular weight is 378 g/mol. The lowest BCUT2D eigenvalue weighted by Gasteiger charge is -2.25. The van der Waals surface area contributed by atoms with Gasteiger partial charge in [-0.05, 0) is 12.8 Å². The molecule has 1 saturated carbocycles. The van der Waals surface area contributed by atoms with Crippen LogP contribution in [0.4, 0.5) is 0 Å². The highest BCUT2D eigenvalue weighted by Gasteiger charge is 2.27. The van der Waals surface area contributed by atoms with Crippen LogP contribution in [0.15, 0.2) is 42.9 Å². The molecule has 1 aliphatic carbocycles. The minimum atomic E-state index is -0.259. The summed E-state index contributed by atoms with van der Waals surface area (Å²) >= 11 is 0. The highest BCUT2D eigenvalue weighted by Crippen LogP contribution is 2.32. The molecule has 28 heavy (non-hydrogen) atoms. The molecule has 0 spiro atoms. The molecular formula is C21H26N6O. The Morgan fingerprint density at radius 2 is 2.04 bits per heavy atom. The number of benzene rings is 1. The topological polar surface area (TPSA) is 88.5 Å². The van der Waals surface area contributed by atoms with Crippen molar-refractivity contribution >= 4 is 5.91 Å². The van der Waals surface area contributed by atoms with Crippen LogP contribution in [0, 0.1) is 0 Å². The van der Waals surface area contributed by atoms with Gasteiger partial charge in [-0.25, -0.2) is 14.6 Å². The number of nitrogens with zero attached hydrogens (tertiary/aromatic N) is 4. The van der Waals surface area contributed by atoms with E-state index in [2.05, 4.69) is 20.0 Å². The maximum atomic E-state index is 11.9. The third kappa shape index (κ3) is 4.13. The Balaban J connectivity index is 1.74. The Kier molecular flexibility index (Phi) is 5.50. The van der Waals surface area contributed by atoms with Crippen molar-refractivity contribution < 1.29 is 4.79 Å². The highest BCUT2D eigenvalue weighted by atomic mass is 16.1. The van der Waals surface area contributed by atoms with E-state index in [-0.39, 0.29) is 11.9 Å². The van der Waals surface area contributed by atoms with E-state index in [1.807, 2.05) is 30.3 Å². The van der Waals surface area contributed by atoms with Gasteiger partial charge in [-0.2, -0.15) is 5.10 Å². The number of H-pyrrole nitrogens is 1. The van der Waals surface area contributed by atoms with Crippen molar-refractivity contribution in [2.45, 2.75) is 57.5 Å². The quantitative estimate of drug-likeness (QED) is 0.686. The summed E-state index contributed by atoms with van der Waals surface area (Å²) in [5, 5.41) is 7.96. The Labute approximate surface area is 164 Å². The van der Waals surface area contributed by atoms with Gasteiger partial charge in [0.15, 0.2) is 11.6 Å². The number of rotatable bonds is 6. The van der Waals surface area contributed by atoms with E-state index in [1.54, 1.807) is 19.4 Å². The molecule has 2 aromatic heterocycles. The van der Waals surface area contributed by atoms with Crippen molar-refractivity contribution in [1.29, 1.82) is 0 Å². The van der Waals surface area contributed by atoms with Gasteiger partial charge in [0.05, 0.1) is 18.4 Å². The van der Waals surface area contributed by atoms with Gasteiger partial charge in [0.1, 0.15) is 0 Å². The van der Waals surface area contributed by atoms with E-state index in [1.165, 1.54) is 19.3 Å². The van der Waals surface area contributed by atoms with E-state index in [9.17, 15) is 4.79 Å². The summed E-state index contributed by atoms with van der Waals surface area (Å²) in [6.45, 7) is 1.54. The Morgan fingerprint density at radius 1 is 1.25 bits per heavy atom. The monoisotopic (exact) mass is 378 g/mol. The van der Waals surface area contributed by atoms with E-state index >= 15 is 0 Å². The zero-order valence-corrected chi connectivity index (χ0v) is 16.1. The molecular weight excluding hydrogens is 352 g/mol. The summed E-state index contributed by atoms with van der Waals surface area (Å²) in [5.74, 6) is 1.45. The van der Waals surface area contributed by atoms with Crippen LogP contribution < -0.4 is 5.32 Å². The van der Waals surface area contributed by atoms with Crippen molar-refractivity contribution in [1.82, 2.24) is 30.0 Å². The van der Waals surface area contributed by atoms with Crippen molar-refractivity contribution in [3.8, 4) is 11.4 Å². The molecule has 4 rings (SSSR count). The number of nitrogens with one attached hydrogen (secondary N) is 2. The molecule has 1 unspecified atom stereocenters. The number of imidazole rings is 1. The molecule has 0 radical (unpaired) electrons. The number of carbonyl (C=O) groups is 1. The smallest absolute Gasteiger partial charge is 0.217 e. The first kappa shape index (κ1) is 18.4. The predicted molar refractivity (Wildman–Crippen MR) is 106 cm³/mol. The van der Waals surface area contributed by atoms with Crippen LogP contribution in [-0.4, -0.2) is 30.6 Å². The third-order valence-corrected chi connectivity index (χ3v) is 5.28. The maximum Gasteiger partial charge on any atom is 0.217 e. The van der Waals surface area contributed by atoms with Crippen molar-refractivity contribution in [3.63, 3.8) is 0 Å². The lowest BCUT2D eigenvalue weighted by molar-refractivity contribution is -0.119. The number of hydrogen-bond donors (Lipinski definition) is 2. The summed E-state index contributed by atoms with van der Waals surface area (Å²) in [7, 11) is 0. The molecule has 2 N–H and O–H groups in total. The molecule has 1 aliphatic rings. The molecule has 1 atom stereocenters. The molecule has 7 heteroatoms. The molecule has 1 fully saturated rings. The predicted octanol–water partition coefficient (Wildman–Crippen LogP) is 3.59. The van der Waals surface area contributed by atoms with Crippen LogP contribution in [-0.2, 0) is 11.2 Å². The molecule has 0 saturated heterocycles. The van der Waals surface area contributed by atoms with Gasteiger partial charge in [0.25, 0.3) is 0 Å². The fraction of sp³-hybridized carbons (Fsp3) is 0.429.